The van der Waals surface area contributed by atoms with Crippen molar-refractivity contribution in [2.45, 2.75) is 6.56 Å². The molecule has 82 valence electrons. The summed E-state index contributed by atoms with van der Waals surface area (Å²) in [5.74, 6) is -1.35. The molecule has 0 aliphatic rings. The third-order valence-electron chi connectivity index (χ3n) is 1.86. The molecular weight excluding hydrogens is 209 g/mol. The third kappa shape index (κ3) is 2.01. The lowest BCUT2D eigenvalue weighted by molar-refractivity contribution is 0.281. The second kappa shape index (κ2) is 4.28. The van der Waals surface area contributed by atoms with Crippen LogP contribution in [-0.2, 0) is 6.56 Å². The molecule has 1 N–H and O–H groups in total. The van der Waals surface area contributed by atoms with E-state index in [1.807, 2.05) is 0 Å². The average Bonchev–Trinajstić information content (AvgIpc) is 2.44. The van der Waals surface area contributed by atoms with Gasteiger partial charge in [0.15, 0.2) is 0 Å². The highest BCUT2D eigenvalue weighted by atomic mass is 19.1. The van der Waals surface area contributed by atoms with Crippen LogP contribution in [0.2, 0.25) is 0 Å². The van der Waals surface area contributed by atoms with Crippen LogP contribution in [0, 0.1) is 5.82 Å². The average molecular weight is 225 g/mol. The highest BCUT2D eigenvalue weighted by Gasteiger charge is 2.01. The van der Waals surface area contributed by atoms with Gasteiger partial charge in [0.2, 0.25) is 0 Å². The molecule has 0 saturated heterocycles. The molecule has 0 saturated carbocycles. The van der Waals surface area contributed by atoms with Crippen molar-refractivity contribution < 1.29 is 17.7 Å². The quantitative estimate of drug-likeness (QED) is 0.841. The highest BCUT2D eigenvalue weighted by Crippen LogP contribution is 2.07. The molecule has 16 heavy (non-hydrogen) atoms. The number of aromatic nitrogens is 1. The second-order valence-corrected chi connectivity index (χ2v) is 2.90. The molecule has 0 bridgehead atoms. The lowest BCUT2D eigenvalue weighted by Gasteiger charge is -2.06. The van der Waals surface area contributed by atoms with Crippen LogP contribution in [0.5, 0.6) is 0 Å². The van der Waals surface area contributed by atoms with Crippen LogP contribution in [0.15, 0.2) is 47.3 Å². The number of benzene rings is 1. The van der Waals surface area contributed by atoms with Crippen LogP contribution in [0.1, 0.15) is 13.8 Å². The number of hydrogen-bond acceptors (Lipinski definition) is 2. The fraction of sp³-hybridized carbons (Fsp3) is 0.0833. The maximum absolute atomic E-state index is 13.5. The number of nitrogens with zero attached hydrogens (tertiary/aromatic N) is 1. The van der Waals surface area contributed by atoms with Gasteiger partial charge >= 0.3 is 0 Å². The zero-order chi connectivity index (χ0) is 16.8. The number of hydrogen-bond donors (Lipinski definition) is 1. The van der Waals surface area contributed by atoms with E-state index in [1.165, 1.54) is 0 Å². The Morgan fingerprint density at radius 1 is 1.38 bits per heavy atom. The van der Waals surface area contributed by atoms with Crippen molar-refractivity contribution in [1.29, 1.82) is 0 Å². The van der Waals surface area contributed by atoms with Gasteiger partial charge in [0, 0.05) is 18.0 Å². The lowest BCUT2D eigenvalue weighted by Crippen LogP contribution is -2.17. The Balaban J connectivity index is 2.86. The predicted molar refractivity (Wildman–Crippen MR) is 57.9 cm³/mol. The number of pyridine rings is 1. The van der Waals surface area contributed by atoms with Gasteiger partial charge in [-0.05, 0) is 35.8 Å². The minimum Gasteiger partial charge on any atom is -0.392 e. The first kappa shape index (κ1) is 5.41. The van der Waals surface area contributed by atoms with Crippen LogP contribution in [0.3, 0.4) is 0 Å². The zero-order valence-electron chi connectivity index (χ0n) is 13.9. The summed E-state index contributed by atoms with van der Waals surface area (Å²) in [5, 5.41) is 9.33. The van der Waals surface area contributed by atoms with Crippen LogP contribution in [0.25, 0.3) is 5.69 Å². The summed E-state index contributed by atoms with van der Waals surface area (Å²) < 4.78 is 58.8. The van der Waals surface area contributed by atoms with E-state index in [0.717, 1.165) is 18.3 Å². The molecule has 0 atom stereocenters. The van der Waals surface area contributed by atoms with Gasteiger partial charge in [0.25, 0.3) is 5.56 Å². The Kier molecular flexibility index (Phi) is 1.45. The second-order valence-electron chi connectivity index (χ2n) is 2.90. The lowest BCUT2D eigenvalue weighted by atomic mass is 10.2. The molecule has 2 aromatic rings. The van der Waals surface area contributed by atoms with Crippen molar-refractivity contribution in [3.05, 3.63) is 64.2 Å². The van der Waals surface area contributed by atoms with E-state index in [2.05, 4.69) is 0 Å². The SMILES string of the molecule is [2H]c1c([2H])c(-n2cc(C([2H])([2H])O)ccc2=O)c([2H])c([2H])c1F. The topological polar surface area (TPSA) is 42.2 Å². The Labute approximate surface area is 99.8 Å². The molecule has 1 aromatic carbocycles. The van der Waals surface area contributed by atoms with E-state index in [9.17, 15) is 14.3 Å². The summed E-state index contributed by atoms with van der Waals surface area (Å²) in [5.41, 5.74) is -1.62. The normalized spacial score (nSPS) is 16.6. The molecule has 0 amide bonds. The monoisotopic (exact) mass is 225 g/mol. The number of halogens is 1. The van der Waals surface area contributed by atoms with Crippen LogP contribution < -0.4 is 5.56 Å². The molecule has 0 aliphatic carbocycles. The van der Waals surface area contributed by atoms with Gasteiger partial charge in [0.1, 0.15) is 5.82 Å². The molecule has 0 radical (unpaired) electrons. The minimum atomic E-state index is -2.77. The Bertz CT molecular complexity index is 785. The van der Waals surface area contributed by atoms with E-state index in [1.54, 1.807) is 0 Å². The van der Waals surface area contributed by atoms with Gasteiger partial charge < -0.3 is 5.11 Å². The van der Waals surface area contributed by atoms with Gasteiger partial charge in [-0.3, -0.25) is 9.36 Å². The van der Waals surface area contributed by atoms with E-state index in [4.69, 9.17) is 8.22 Å². The van der Waals surface area contributed by atoms with E-state index >= 15 is 0 Å². The molecule has 1 heterocycles. The minimum absolute atomic E-state index is 0.326. The van der Waals surface area contributed by atoms with Crippen LogP contribution >= 0.6 is 0 Å². The van der Waals surface area contributed by atoms with Gasteiger partial charge in [-0.25, -0.2) is 4.39 Å². The van der Waals surface area contributed by atoms with Crippen molar-refractivity contribution in [3.63, 3.8) is 0 Å². The van der Waals surface area contributed by atoms with Gasteiger partial charge in [-0.2, -0.15) is 0 Å². The highest BCUT2D eigenvalue weighted by molar-refractivity contribution is 5.33. The van der Waals surface area contributed by atoms with E-state index in [-0.39, 0.29) is 5.56 Å². The first-order valence-corrected chi connectivity index (χ1v) is 4.27. The van der Waals surface area contributed by atoms with Gasteiger partial charge in [-0.1, -0.05) is 0 Å². The fourth-order valence-corrected chi connectivity index (χ4v) is 1.14. The van der Waals surface area contributed by atoms with Gasteiger partial charge in [-0.15, -0.1) is 0 Å². The maximum Gasteiger partial charge on any atom is 0.255 e. The third-order valence-corrected chi connectivity index (χ3v) is 1.86. The fourth-order valence-electron chi connectivity index (χ4n) is 1.14. The summed E-state index contributed by atoms with van der Waals surface area (Å²) in [6, 6.07) is -1.52. The molecule has 1 aromatic heterocycles. The molecule has 0 aliphatic heterocycles. The first-order chi connectivity index (χ1) is 10.1. The van der Waals surface area contributed by atoms with Crippen LogP contribution in [-0.4, -0.2) is 9.67 Å². The largest absolute Gasteiger partial charge is 0.392 e. The van der Waals surface area contributed by atoms with E-state index in [0.29, 0.717) is 4.57 Å². The van der Waals surface area contributed by atoms with Crippen molar-refractivity contribution in [1.82, 2.24) is 4.57 Å². The standard InChI is InChI=1S/C12H10FNO2/c13-10-2-4-11(5-3-10)14-7-9(8-15)1-6-12(14)16/h1-7,15H,8H2/i2D,3D,4D,5D,8D2. The van der Waals surface area contributed by atoms with Crippen molar-refractivity contribution >= 4 is 0 Å². The van der Waals surface area contributed by atoms with E-state index < -0.39 is 47.8 Å². The van der Waals surface area contributed by atoms with Crippen molar-refractivity contribution in [2.75, 3.05) is 0 Å². The molecule has 3 nitrogen and oxygen atoms in total. The Morgan fingerprint density at radius 2 is 2.06 bits per heavy atom. The predicted octanol–water partition coefficient (Wildman–Crippen LogP) is 1.47. The molecule has 2 rings (SSSR count). The summed E-state index contributed by atoms with van der Waals surface area (Å²) in [7, 11) is 0. The van der Waals surface area contributed by atoms with Gasteiger partial charge in [0.05, 0.1) is 14.8 Å². The molecule has 0 fully saturated rings. The number of rotatable bonds is 2. The van der Waals surface area contributed by atoms with Crippen LogP contribution in [0.4, 0.5) is 4.39 Å². The Morgan fingerprint density at radius 3 is 2.69 bits per heavy atom. The summed E-state index contributed by atoms with van der Waals surface area (Å²) in [6.45, 7) is -2.77. The maximum atomic E-state index is 13.5. The Hall–Kier alpha value is -1.94. The summed E-state index contributed by atoms with van der Waals surface area (Å²) in [4.78, 5) is 11.9. The zero-order valence-corrected chi connectivity index (χ0v) is 7.91. The number of aliphatic hydroxyl groups is 1. The summed E-state index contributed by atoms with van der Waals surface area (Å²) >= 11 is 0. The smallest absolute Gasteiger partial charge is 0.255 e. The molecule has 0 spiro atoms. The molecule has 4 heteroatoms. The van der Waals surface area contributed by atoms with Crippen molar-refractivity contribution in [3.8, 4) is 5.69 Å². The molecular formula is C12H10FNO2. The summed E-state index contributed by atoms with van der Waals surface area (Å²) in [6.07, 6.45) is 0.852. The van der Waals surface area contributed by atoms with Crippen molar-refractivity contribution in [2.24, 2.45) is 0 Å². The first-order valence-electron chi connectivity index (χ1n) is 7.27. The molecule has 0 unspecified atom stereocenters.